The van der Waals surface area contributed by atoms with Crippen molar-refractivity contribution in [2.75, 3.05) is 6.61 Å². The van der Waals surface area contributed by atoms with E-state index in [1.54, 1.807) is 0 Å². The van der Waals surface area contributed by atoms with E-state index in [9.17, 15) is 15.3 Å². The van der Waals surface area contributed by atoms with Crippen LogP contribution in [-0.2, 0) is 9.47 Å². The first-order valence-electron chi connectivity index (χ1n) is 6.09. The second kappa shape index (κ2) is 5.17. The largest absolute Gasteiger partial charge is 0.492 e. The number of hydrogen-bond donors (Lipinski definition) is 3. The minimum atomic E-state index is -1.11. The van der Waals surface area contributed by atoms with Crippen LogP contribution >= 0.6 is 0 Å². The number of imidazole rings is 1. The number of nitrogens with zero attached hydrogens (tertiary/aromatic N) is 4. The van der Waals surface area contributed by atoms with E-state index >= 15 is 0 Å². The van der Waals surface area contributed by atoms with Crippen molar-refractivity contribution in [1.29, 1.82) is 0 Å². The van der Waals surface area contributed by atoms with Gasteiger partial charge in [-0.25, -0.2) is 9.97 Å². The second-order valence-electron chi connectivity index (χ2n) is 4.46. The molecule has 21 heavy (non-hydrogen) atoms. The number of rotatable bonds is 3. The average molecular weight is 292 g/mol. The predicted molar refractivity (Wildman–Crippen MR) is 67.7 cm³/mol. The van der Waals surface area contributed by atoms with Crippen molar-refractivity contribution in [1.82, 2.24) is 19.5 Å². The van der Waals surface area contributed by atoms with Crippen molar-refractivity contribution in [2.24, 2.45) is 0 Å². The standard InChI is InChI=1S/C12H12N4O5/c1-2-20-9-8(18)6(3-17)21-12(9)16-5-15-7-10(16)13-4-14-11(7)19/h1,4-6,8-9,12,17-18H,3H2,(H,13,14,19)/t6-,8?,9?,12-/m1/s1. The van der Waals surface area contributed by atoms with Crippen LogP contribution in [0.3, 0.4) is 0 Å². The van der Waals surface area contributed by atoms with Crippen molar-refractivity contribution in [2.45, 2.75) is 24.5 Å². The van der Waals surface area contributed by atoms with Crippen LogP contribution < -0.4 is 0 Å². The fourth-order valence-corrected chi connectivity index (χ4v) is 2.32. The molecule has 3 heterocycles. The Kier molecular flexibility index (Phi) is 3.34. The first kappa shape index (κ1) is 13.6. The molecule has 1 saturated heterocycles. The van der Waals surface area contributed by atoms with Crippen LogP contribution in [0.2, 0.25) is 0 Å². The van der Waals surface area contributed by atoms with Gasteiger partial charge in [-0.3, -0.25) is 4.57 Å². The van der Waals surface area contributed by atoms with Crippen LogP contribution in [0.1, 0.15) is 6.23 Å². The molecule has 2 unspecified atom stereocenters. The Morgan fingerprint density at radius 3 is 2.95 bits per heavy atom. The lowest BCUT2D eigenvalue weighted by molar-refractivity contribution is -0.0510. The van der Waals surface area contributed by atoms with Gasteiger partial charge >= 0.3 is 0 Å². The quantitative estimate of drug-likeness (QED) is 0.600. The third-order valence-electron chi connectivity index (χ3n) is 3.31. The third kappa shape index (κ3) is 2.06. The minimum Gasteiger partial charge on any atom is -0.492 e. The zero-order chi connectivity index (χ0) is 15.0. The maximum atomic E-state index is 10.1. The highest BCUT2D eigenvalue weighted by Crippen LogP contribution is 2.33. The molecule has 0 bridgehead atoms. The van der Waals surface area contributed by atoms with Gasteiger partial charge in [-0.05, 0) is 0 Å². The maximum absolute atomic E-state index is 10.1. The van der Waals surface area contributed by atoms with E-state index in [0.29, 0.717) is 5.65 Å². The normalized spacial score (nSPS) is 28.6. The van der Waals surface area contributed by atoms with Gasteiger partial charge in [0.15, 0.2) is 23.5 Å². The number of fused-ring (bicyclic) bond motifs is 1. The molecule has 0 spiro atoms. The van der Waals surface area contributed by atoms with Gasteiger partial charge in [0, 0.05) is 0 Å². The molecule has 0 saturated carbocycles. The number of aromatic hydroxyl groups is 1. The third-order valence-corrected chi connectivity index (χ3v) is 3.31. The summed E-state index contributed by atoms with van der Waals surface area (Å²) in [7, 11) is 0. The van der Waals surface area contributed by atoms with Crippen LogP contribution in [-0.4, -0.2) is 59.8 Å². The fourth-order valence-electron chi connectivity index (χ4n) is 2.32. The van der Waals surface area contributed by atoms with E-state index in [4.69, 9.17) is 15.9 Å². The van der Waals surface area contributed by atoms with E-state index in [0.717, 1.165) is 0 Å². The smallest absolute Gasteiger partial charge is 0.242 e. The molecule has 0 aliphatic carbocycles. The first-order chi connectivity index (χ1) is 10.2. The minimum absolute atomic E-state index is 0.183. The fraction of sp³-hybridized carbons (Fsp3) is 0.417. The van der Waals surface area contributed by atoms with Gasteiger partial charge in [-0.2, -0.15) is 4.98 Å². The molecule has 110 valence electrons. The predicted octanol–water partition coefficient (Wildman–Crippen LogP) is -1.24. The van der Waals surface area contributed by atoms with E-state index in [2.05, 4.69) is 15.0 Å². The van der Waals surface area contributed by atoms with Crippen molar-refractivity contribution >= 4 is 11.2 Å². The van der Waals surface area contributed by atoms with Gasteiger partial charge in [-0.15, -0.1) is 0 Å². The molecule has 3 N–H and O–H groups in total. The highest BCUT2D eigenvalue weighted by Gasteiger charge is 2.46. The van der Waals surface area contributed by atoms with Crippen LogP contribution in [0.5, 0.6) is 5.88 Å². The monoisotopic (exact) mass is 292 g/mol. The van der Waals surface area contributed by atoms with Gasteiger partial charge in [-0.1, -0.05) is 6.42 Å². The van der Waals surface area contributed by atoms with Crippen LogP contribution in [0, 0.1) is 12.5 Å². The number of hydrogen-bond acceptors (Lipinski definition) is 8. The summed E-state index contributed by atoms with van der Waals surface area (Å²) in [4.78, 5) is 11.6. The number of ether oxygens (including phenoxy) is 2. The van der Waals surface area contributed by atoms with E-state index in [-0.39, 0.29) is 11.4 Å². The summed E-state index contributed by atoms with van der Waals surface area (Å²) in [5, 5.41) is 28.9. The molecule has 0 aromatic carbocycles. The van der Waals surface area contributed by atoms with Crippen LogP contribution in [0.15, 0.2) is 12.7 Å². The highest BCUT2D eigenvalue weighted by molar-refractivity contribution is 5.75. The molecule has 1 fully saturated rings. The Balaban J connectivity index is 2.04. The number of terminal acetylenes is 1. The maximum Gasteiger partial charge on any atom is 0.242 e. The molecule has 9 heteroatoms. The van der Waals surface area contributed by atoms with E-state index in [1.165, 1.54) is 17.2 Å². The molecule has 9 nitrogen and oxygen atoms in total. The summed E-state index contributed by atoms with van der Waals surface area (Å²) in [6.07, 6.45) is 5.95. The Hall–Kier alpha value is -2.41. The Morgan fingerprint density at radius 1 is 1.43 bits per heavy atom. The molecule has 1 aliphatic heterocycles. The zero-order valence-corrected chi connectivity index (χ0v) is 10.7. The Bertz CT molecular complexity index is 697. The molecular formula is C12H12N4O5. The summed E-state index contributed by atoms with van der Waals surface area (Å²) in [6.45, 7) is -0.394. The molecule has 0 amide bonds. The highest BCUT2D eigenvalue weighted by atomic mass is 16.6. The SMILES string of the molecule is C#COC1C(O)[C@@H](CO)O[C@H]1n1cnc2c(O)ncnc21. The lowest BCUT2D eigenvalue weighted by atomic mass is 10.1. The van der Waals surface area contributed by atoms with Gasteiger partial charge in [0.05, 0.1) is 12.9 Å². The van der Waals surface area contributed by atoms with Crippen molar-refractivity contribution < 1.29 is 24.8 Å². The topological polar surface area (TPSA) is 123 Å². The van der Waals surface area contributed by atoms with Crippen molar-refractivity contribution in [3.63, 3.8) is 0 Å². The Labute approximate surface area is 118 Å². The Morgan fingerprint density at radius 2 is 2.24 bits per heavy atom. The van der Waals surface area contributed by atoms with Crippen LogP contribution in [0.4, 0.5) is 0 Å². The van der Waals surface area contributed by atoms with Gasteiger partial charge in [0.25, 0.3) is 0 Å². The van der Waals surface area contributed by atoms with Crippen molar-refractivity contribution in [3.05, 3.63) is 12.7 Å². The van der Waals surface area contributed by atoms with Gasteiger partial charge in [0.1, 0.15) is 24.6 Å². The number of aliphatic hydroxyl groups excluding tert-OH is 2. The average Bonchev–Trinajstić information content (AvgIpc) is 3.03. The molecule has 0 radical (unpaired) electrons. The molecule has 1 aliphatic rings. The number of aromatic nitrogens is 4. The summed E-state index contributed by atoms with van der Waals surface area (Å²) in [5.41, 5.74) is 0.478. The summed E-state index contributed by atoms with van der Waals surface area (Å²) < 4.78 is 12.0. The molecule has 4 atom stereocenters. The summed E-state index contributed by atoms with van der Waals surface area (Å²) >= 11 is 0. The van der Waals surface area contributed by atoms with Crippen molar-refractivity contribution in [3.8, 4) is 18.4 Å². The van der Waals surface area contributed by atoms with E-state index < -0.39 is 31.1 Å². The lowest BCUT2D eigenvalue weighted by Crippen LogP contribution is -2.34. The second-order valence-corrected chi connectivity index (χ2v) is 4.46. The molecule has 3 rings (SSSR count). The zero-order valence-electron chi connectivity index (χ0n) is 10.7. The van der Waals surface area contributed by atoms with Gasteiger partial charge in [0.2, 0.25) is 5.88 Å². The summed E-state index contributed by atoms with van der Waals surface area (Å²) in [6, 6.07) is 0. The number of aliphatic hydroxyl groups is 2. The lowest BCUT2D eigenvalue weighted by Gasteiger charge is -2.19. The molecular weight excluding hydrogens is 280 g/mol. The van der Waals surface area contributed by atoms with E-state index in [1.807, 2.05) is 6.11 Å². The summed E-state index contributed by atoms with van der Waals surface area (Å²) in [5.74, 6) is -0.273. The van der Waals surface area contributed by atoms with Crippen LogP contribution in [0.25, 0.3) is 11.2 Å². The molecule has 2 aromatic rings. The first-order valence-corrected chi connectivity index (χ1v) is 6.09. The van der Waals surface area contributed by atoms with Gasteiger partial charge < -0.3 is 24.8 Å². The molecule has 2 aromatic heterocycles.